The van der Waals surface area contributed by atoms with Crippen molar-refractivity contribution in [2.75, 3.05) is 32.8 Å². The zero-order valence-corrected chi connectivity index (χ0v) is 10.7. The molecule has 17 heavy (non-hydrogen) atoms. The van der Waals surface area contributed by atoms with Gasteiger partial charge in [-0.1, -0.05) is 0 Å². The van der Waals surface area contributed by atoms with E-state index in [1.54, 1.807) is 0 Å². The van der Waals surface area contributed by atoms with Crippen LogP contribution in [0, 0.1) is 0 Å². The first-order valence-corrected chi connectivity index (χ1v) is 6.09. The van der Waals surface area contributed by atoms with Crippen LogP contribution in [0.1, 0.15) is 19.3 Å². The molecule has 3 nitrogen and oxygen atoms in total. The van der Waals surface area contributed by atoms with Gasteiger partial charge in [0.25, 0.3) is 6.43 Å². The van der Waals surface area contributed by atoms with Gasteiger partial charge in [0.05, 0.1) is 6.61 Å². The van der Waals surface area contributed by atoms with E-state index in [-0.39, 0.29) is 12.4 Å². The highest BCUT2D eigenvalue weighted by molar-refractivity contribution is 5.85. The van der Waals surface area contributed by atoms with Crippen LogP contribution in [0.4, 0.5) is 8.78 Å². The predicted octanol–water partition coefficient (Wildman–Crippen LogP) is 1.52. The summed E-state index contributed by atoms with van der Waals surface area (Å²) in [7, 11) is 0. The number of halogens is 3. The summed E-state index contributed by atoms with van der Waals surface area (Å²) in [5.74, 6) is 0. The Hall–Kier alpha value is 0.0300. The standard InChI is InChI=1S/C11H20F2N2O.ClH/c12-11(13)8-16-6-5-15-9-1-2-10(15)7-14-4-3-9;/h9-11,14H,1-8H2;1H. The third kappa shape index (κ3) is 4.32. The van der Waals surface area contributed by atoms with Crippen LogP contribution in [0.15, 0.2) is 0 Å². The molecule has 0 saturated carbocycles. The van der Waals surface area contributed by atoms with Gasteiger partial charge in [-0.3, -0.25) is 4.90 Å². The van der Waals surface area contributed by atoms with Gasteiger partial charge in [0.2, 0.25) is 0 Å². The SMILES string of the molecule is Cl.FC(F)COCCN1C2CCNCC1CC2. The summed E-state index contributed by atoms with van der Waals surface area (Å²) < 4.78 is 28.7. The molecular formula is C11H21ClF2N2O. The highest BCUT2D eigenvalue weighted by atomic mass is 35.5. The van der Waals surface area contributed by atoms with E-state index in [9.17, 15) is 8.78 Å². The Morgan fingerprint density at radius 2 is 2.00 bits per heavy atom. The lowest BCUT2D eigenvalue weighted by atomic mass is 10.1. The van der Waals surface area contributed by atoms with E-state index in [4.69, 9.17) is 4.74 Å². The number of nitrogens with one attached hydrogen (secondary N) is 1. The number of hydrogen-bond donors (Lipinski definition) is 1. The molecule has 6 heteroatoms. The second-order valence-corrected chi connectivity index (χ2v) is 4.58. The van der Waals surface area contributed by atoms with E-state index in [1.807, 2.05) is 0 Å². The zero-order chi connectivity index (χ0) is 11.4. The number of rotatable bonds is 5. The van der Waals surface area contributed by atoms with Gasteiger partial charge in [0.1, 0.15) is 6.61 Å². The Morgan fingerprint density at radius 1 is 1.24 bits per heavy atom. The molecule has 2 unspecified atom stereocenters. The molecule has 102 valence electrons. The summed E-state index contributed by atoms with van der Waals surface area (Å²) >= 11 is 0. The molecular weight excluding hydrogens is 250 g/mol. The fourth-order valence-electron chi connectivity index (χ4n) is 2.79. The van der Waals surface area contributed by atoms with E-state index in [0.29, 0.717) is 18.7 Å². The molecule has 2 fully saturated rings. The van der Waals surface area contributed by atoms with Gasteiger partial charge in [-0.25, -0.2) is 8.78 Å². The number of alkyl halides is 2. The lowest BCUT2D eigenvalue weighted by Crippen LogP contribution is -2.40. The average molecular weight is 271 g/mol. The van der Waals surface area contributed by atoms with E-state index in [1.165, 1.54) is 19.3 Å². The molecule has 0 aromatic carbocycles. The van der Waals surface area contributed by atoms with Crippen molar-refractivity contribution in [3.05, 3.63) is 0 Å². The molecule has 2 saturated heterocycles. The molecule has 2 aliphatic heterocycles. The van der Waals surface area contributed by atoms with Crippen molar-refractivity contribution < 1.29 is 13.5 Å². The summed E-state index contributed by atoms with van der Waals surface area (Å²) in [6.07, 6.45) is 1.31. The lowest BCUT2D eigenvalue weighted by Gasteiger charge is -2.27. The molecule has 2 aliphatic rings. The van der Waals surface area contributed by atoms with Crippen LogP contribution in [0.5, 0.6) is 0 Å². The van der Waals surface area contributed by atoms with Crippen molar-refractivity contribution >= 4 is 12.4 Å². The molecule has 0 spiro atoms. The van der Waals surface area contributed by atoms with E-state index >= 15 is 0 Å². The highest BCUT2D eigenvalue weighted by Gasteiger charge is 2.34. The maximum Gasteiger partial charge on any atom is 0.261 e. The third-order valence-electron chi connectivity index (χ3n) is 3.54. The van der Waals surface area contributed by atoms with Crippen LogP contribution in [-0.2, 0) is 4.74 Å². The molecule has 2 atom stereocenters. The van der Waals surface area contributed by atoms with Crippen molar-refractivity contribution in [1.29, 1.82) is 0 Å². The first-order chi connectivity index (χ1) is 7.77. The Labute approximate surface area is 107 Å². The van der Waals surface area contributed by atoms with Crippen LogP contribution < -0.4 is 5.32 Å². The Morgan fingerprint density at radius 3 is 2.76 bits per heavy atom. The van der Waals surface area contributed by atoms with E-state index < -0.39 is 13.0 Å². The summed E-state index contributed by atoms with van der Waals surface area (Å²) in [4.78, 5) is 2.44. The minimum Gasteiger partial charge on any atom is -0.374 e. The largest absolute Gasteiger partial charge is 0.374 e. The first kappa shape index (κ1) is 15.1. The van der Waals surface area contributed by atoms with Crippen molar-refractivity contribution in [1.82, 2.24) is 10.2 Å². The number of ether oxygens (including phenoxy) is 1. The van der Waals surface area contributed by atoms with Gasteiger partial charge in [-0.2, -0.15) is 0 Å². The third-order valence-corrected chi connectivity index (χ3v) is 3.54. The number of fused-ring (bicyclic) bond motifs is 2. The van der Waals surface area contributed by atoms with Gasteiger partial charge < -0.3 is 10.1 Å². The fraction of sp³-hybridized carbons (Fsp3) is 1.00. The van der Waals surface area contributed by atoms with Gasteiger partial charge in [0.15, 0.2) is 0 Å². The first-order valence-electron chi connectivity index (χ1n) is 6.09. The molecule has 2 heterocycles. The van der Waals surface area contributed by atoms with Crippen molar-refractivity contribution in [3.63, 3.8) is 0 Å². The molecule has 0 aromatic heterocycles. The predicted molar refractivity (Wildman–Crippen MR) is 65.1 cm³/mol. The molecule has 1 N–H and O–H groups in total. The van der Waals surface area contributed by atoms with Gasteiger partial charge >= 0.3 is 0 Å². The minimum absolute atomic E-state index is 0. The molecule has 2 bridgehead atoms. The molecule has 0 aromatic rings. The summed E-state index contributed by atoms with van der Waals surface area (Å²) in [6.45, 7) is 2.91. The van der Waals surface area contributed by atoms with Gasteiger partial charge in [-0.15, -0.1) is 12.4 Å². The maximum absolute atomic E-state index is 11.9. The summed E-state index contributed by atoms with van der Waals surface area (Å²) in [5.41, 5.74) is 0. The molecule has 0 amide bonds. The van der Waals surface area contributed by atoms with Crippen molar-refractivity contribution in [2.45, 2.75) is 37.8 Å². The normalized spacial score (nSPS) is 29.1. The molecule has 0 radical (unpaired) electrons. The van der Waals surface area contributed by atoms with Crippen LogP contribution >= 0.6 is 12.4 Å². The second-order valence-electron chi connectivity index (χ2n) is 4.58. The second kappa shape index (κ2) is 7.46. The zero-order valence-electron chi connectivity index (χ0n) is 9.91. The topological polar surface area (TPSA) is 24.5 Å². The quantitative estimate of drug-likeness (QED) is 0.767. The summed E-state index contributed by atoms with van der Waals surface area (Å²) in [5, 5.41) is 3.41. The fourth-order valence-corrected chi connectivity index (χ4v) is 2.79. The Bertz CT molecular complexity index is 208. The van der Waals surface area contributed by atoms with Gasteiger partial charge in [-0.05, 0) is 25.8 Å². The summed E-state index contributed by atoms with van der Waals surface area (Å²) in [6, 6.07) is 1.22. The van der Waals surface area contributed by atoms with Gasteiger partial charge in [0, 0.05) is 25.2 Å². The average Bonchev–Trinajstić information content (AvgIpc) is 2.47. The van der Waals surface area contributed by atoms with E-state index in [2.05, 4.69) is 10.2 Å². The smallest absolute Gasteiger partial charge is 0.261 e. The molecule has 0 aliphatic carbocycles. The monoisotopic (exact) mass is 270 g/mol. The number of nitrogens with zero attached hydrogens (tertiary/aromatic N) is 1. The van der Waals surface area contributed by atoms with E-state index in [0.717, 1.165) is 19.6 Å². The van der Waals surface area contributed by atoms with Crippen LogP contribution in [0.2, 0.25) is 0 Å². The van der Waals surface area contributed by atoms with Crippen LogP contribution in [-0.4, -0.2) is 56.3 Å². The molecule has 2 rings (SSSR count). The van der Waals surface area contributed by atoms with Crippen molar-refractivity contribution in [2.24, 2.45) is 0 Å². The highest BCUT2D eigenvalue weighted by Crippen LogP contribution is 2.27. The van der Waals surface area contributed by atoms with Crippen LogP contribution in [0.25, 0.3) is 0 Å². The number of hydrogen-bond acceptors (Lipinski definition) is 3. The minimum atomic E-state index is -2.34. The maximum atomic E-state index is 11.9. The Balaban J connectivity index is 0.00000144. The van der Waals surface area contributed by atoms with Crippen molar-refractivity contribution in [3.8, 4) is 0 Å². The lowest BCUT2D eigenvalue weighted by molar-refractivity contribution is 0.00582. The van der Waals surface area contributed by atoms with Crippen LogP contribution in [0.3, 0.4) is 0 Å². The Kier molecular flexibility index (Phi) is 6.62.